The highest BCUT2D eigenvalue weighted by atomic mass is 19.4. The second-order valence-electron chi connectivity index (χ2n) is 10.1. The van der Waals surface area contributed by atoms with Crippen molar-refractivity contribution in [3.05, 3.63) is 47.0 Å². The first-order chi connectivity index (χ1) is 16.7. The number of hydrogen-bond donors (Lipinski definition) is 1. The fourth-order valence-electron chi connectivity index (χ4n) is 5.29. The van der Waals surface area contributed by atoms with Gasteiger partial charge in [0.25, 0.3) is 0 Å². The number of hydrogen-bond acceptors (Lipinski definition) is 4. The lowest BCUT2D eigenvalue weighted by atomic mass is 9.84. The number of alkyl halides is 3. The smallest absolute Gasteiger partial charge is 0.353 e. The molecular weight excluding hydrogens is 455 g/mol. The van der Waals surface area contributed by atoms with Crippen LogP contribution in [-0.4, -0.2) is 57.4 Å². The Balaban J connectivity index is 1.16. The van der Waals surface area contributed by atoms with Crippen LogP contribution >= 0.6 is 0 Å². The summed E-state index contributed by atoms with van der Waals surface area (Å²) in [5.74, 6) is 0.750. The van der Waals surface area contributed by atoms with Crippen LogP contribution in [0.15, 0.2) is 24.5 Å². The van der Waals surface area contributed by atoms with Crippen LogP contribution in [-0.2, 0) is 37.5 Å². The third-order valence-corrected chi connectivity index (χ3v) is 7.34. The van der Waals surface area contributed by atoms with E-state index in [9.17, 15) is 18.0 Å². The summed E-state index contributed by atoms with van der Waals surface area (Å²) in [6.45, 7) is 2.91. The Morgan fingerprint density at radius 1 is 1.14 bits per heavy atom. The molecule has 0 atom stereocenters. The van der Waals surface area contributed by atoms with Gasteiger partial charge >= 0.3 is 6.18 Å². The Kier molecular flexibility index (Phi) is 8.46. The molecule has 1 saturated carbocycles. The number of aromatic nitrogens is 3. The first-order valence-electron chi connectivity index (χ1n) is 12.8. The lowest BCUT2D eigenvalue weighted by molar-refractivity contribution is -0.134. The quantitative estimate of drug-likeness (QED) is 0.606. The van der Waals surface area contributed by atoms with Crippen molar-refractivity contribution in [1.82, 2.24) is 25.0 Å². The second-order valence-corrected chi connectivity index (χ2v) is 10.1. The molecule has 1 N–H and O–H groups in total. The van der Waals surface area contributed by atoms with Crippen LogP contribution < -0.4 is 5.32 Å². The predicted molar refractivity (Wildman–Crippen MR) is 128 cm³/mol. The van der Waals surface area contributed by atoms with Crippen molar-refractivity contribution in [2.75, 3.05) is 19.6 Å². The number of halogens is 3. The molecule has 0 saturated heterocycles. The number of nitrogens with zero attached hydrogens (tertiary/aromatic N) is 4. The Labute approximate surface area is 205 Å². The molecule has 0 spiro atoms. The van der Waals surface area contributed by atoms with E-state index >= 15 is 0 Å². The van der Waals surface area contributed by atoms with Crippen LogP contribution in [0.2, 0.25) is 0 Å². The zero-order valence-electron chi connectivity index (χ0n) is 20.5. The third-order valence-electron chi connectivity index (χ3n) is 7.34. The molecule has 35 heavy (non-hydrogen) atoms. The second kappa shape index (κ2) is 11.5. The first-order valence-corrected chi connectivity index (χ1v) is 12.8. The van der Waals surface area contributed by atoms with Gasteiger partial charge < -0.3 is 10.2 Å². The van der Waals surface area contributed by atoms with Crippen molar-refractivity contribution in [3.8, 4) is 0 Å². The standard InChI is InChI=1S/C26H36F3N5O/c1-33-18-20(17-30-33)16-25(35)32-22-5-2-19(3-6-22)9-13-34-14-10-21-4-7-23(8-12-26(27,28)29)31-24(21)11-15-34/h4,7,17-19,22H,2-3,5-6,8-16H2,1H3,(H,32,35)/t19-,22-. The van der Waals surface area contributed by atoms with E-state index in [1.807, 2.05) is 19.3 Å². The van der Waals surface area contributed by atoms with E-state index in [2.05, 4.69) is 20.3 Å². The number of carbonyl (C=O) groups excluding carboxylic acids is 1. The first kappa shape index (κ1) is 25.7. The summed E-state index contributed by atoms with van der Waals surface area (Å²) in [7, 11) is 1.85. The number of fused-ring (bicyclic) bond motifs is 1. The maximum atomic E-state index is 12.5. The Hall–Kier alpha value is -2.42. The Bertz CT molecular complexity index is 982. The molecule has 4 rings (SSSR count). The zero-order valence-corrected chi connectivity index (χ0v) is 20.5. The van der Waals surface area contributed by atoms with Crippen molar-refractivity contribution in [1.29, 1.82) is 0 Å². The van der Waals surface area contributed by atoms with Gasteiger partial charge in [0.1, 0.15) is 0 Å². The minimum Gasteiger partial charge on any atom is -0.353 e. The van der Waals surface area contributed by atoms with Crippen LogP contribution in [0.1, 0.15) is 61.0 Å². The van der Waals surface area contributed by atoms with Gasteiger partial charge in [0.05, 0.1) is 12.6 Å². The SMILES string of the molecule is Cn1cc(CC(=O)N[C@H]2CC[C@H](CCN3CCc4ccc(CCC(F)(F)F)nc4CC3)CC2)cn1. The largest absolute Gasteiger partial charge is 0.389 e. The van der Waals surface area contributed by atoms with Crippen molar-refractivity contribution in [2.45, 2.75) is 76.4 Å². The van der Waals surface area contributed by atoms with Gasteiger partial charge in [0, 0.05) is 56.6 Å². The summed E-state index contributed by atoms with van der Waals surface area (Å²) >= 11 is 0. The van der Waals surface area contributed by atoms with E-state index in [-0.39, 0.29) is 18.4 Å². The van der Waals surface area contributed by atoms with Crippen molar-refractivity contribution in [2.24, 2.45) is 13.0 Å². The fourth-order valence-corrected chi connectivity index (χ4v) is 5.29. The van der Waals surface area contributed by atoms with Crippen molar-refractivity contribution < 1.29 is 18.0 Å². The Morgan fingerprint density at radius 3 is 2.63 bits per heavy atom. The third kappa shape index (κ3) is 8.05. The highest BCUT2D eigenvalue weighted by Crippen LogP contribution is 2.28. The normalized spacial score (nSPS) is 21.4. The molecule has 0 radical (unpaired) electrons. The molecule has 0 bridgehead atoms. The number of pyridine rings is 1. The topological polar surface area (TPSA) is 63.1 Å². The van der Waals surface area contributed by atoms with E-state index in [0.29, 0.717) is 18.0 Å². The summed E-state index contributed by atoms with van der Waals surface area (Å²) in [6, 6.07) is 4.00. The lowest BCUT2D eigenvalue weighted by Crippen LogP contribution is -2.39. The number of carbonyl (C=O) groups is 1. The van der Waals surface area contributed by atoms with Crippen LogP contribution in [0.4, 0.5) is 13.2 Å². The average Bonchev–Trinajstić information content (AvgIpc) is 3.10. The fraction of sp³-hybridized carbons (Fsp3) is 0.654. The molecule has 1 aliphatic carbocycles. The molecule has 0 aromatic carbocycles. The van der Waals surface area contributed by atoms with Crippen LogP contribution in [0.5, 0.6) is 0 Å². The summed E-state index contributed by atoms with van der Waals surface area (Å²) in [5.41, 5.74) is 3.62. The molecule has 3 heterocycles. The monoisotopic (exact) mass is 491 g/mol. The summed E-state index contributed by atoms with van der Waals surface area (Å²) in [5, 5.41) is 7.30. The van der Waals surface area contributed by atoms with Gasteiger partial charge in [-0.1, -0.05) is 6.07 Å². The maximum Gasteiger partial charge on any atom is 0.389 e. The molecule has 2 aliphatic rings. The number of aryl methyl sites for hydroxylation is 2. The van der Waals surface area contributed by atoms with Crippen LogP contribution in [0.3, 0.4) is 0 Å². The van der Waals surface area contributed by atoms with Crippen LogP contribution in [0.25, 0.3) is 0 Å². The molecule has 192 valence electrons. The molecule has 1 fully saturated rings. The molecule has 9 heteroatoms. The highest BCUT2D eigenvalue weighted by Gasteiger charge is 2.27. The molecule has 2 aromatic rings. The average molecular weight is 492 g/mol. The highest BCUT2D eigenvalue weighted by molar-refractivity contribution is 5.78. The van der Waals surface area contributed by atoms with E-state index < -0.39 is 12.6 Å². The lowest BCUT2D eigenvalue weighted by Gasteiger charge is -2.30. The van der Waals surface area contributed by atoms with Gasteiger partial charge in [-0.15, -0.1) is 0 Å². The molecular formula is C26H36F3N5O. The summed E-state index contributed by atoms with van der Waals surface area (Å²) in [4.78, 5) is 19.3. The molecule has 2 aromatic heterocycles. The predicted octanol–water partition coefficient (Wildman–Crippen LogP) is 4.02. The van der Waals surface area contributed by atoms with Gasteiger partial charge in [0.2, 0.25) is 5.91 Å². The van der Waals surface area contributed by atoms with Gasteiger partial charge in [-0.05, 0) is 74.6 Å². The van der Waals surface area contributed by atoms with E-state index in [1.165, 1.54) is 5.56 Å². The van der Waals surface area contributed by atoms with Crippen molar-refractivity contribution in [3.63, 3.8) is 0 Å². The summed E-state index contributed by atoms with van der Waals surface area (Å²) in [6.07, 6.45) is 6.15. The number of nitrogens with one attached hydrogen (secondary N) is 1. The molecule has 0 unspecified atom stereocenters. The minimum absolute atomic E-state index is 0.0485. The van der Waals surface area contributed by atoms with Gasteiger partial charge in [0.15, 0.2) is 0 Å². The molecule has 1 amide bonds. The van der Waals surface area contributed by atoms with E-state index in [0.717, 1.165) is 75.8 Å². The van der Waals surface area contributed by atoms with Gasteiger partial charge in [-0.2, -0.15) is 18.3 Å². The minimum atomic E-state index is -4.14. The zero-order chi connectivity index (χ0) is 24.8. The molecule has 6 nitrogen and oxygen atoms in total. The van der Waals surface area contributed by atoms with Gasteiger partial charge in [-0.25, -0.2) is 0 Å². The molecule has 1 aliphatic heterocycles. The summed E-state index contributed by atoms with van der Waals surface area (Å²) < 4.78 is 39.3. The number of rotatable bonds is 8. The van der Waals surface area contributed by atoms with Gasteiger partial charge in [-0.3, -0.25) is 14.5 Å². The Morgan fingerprint density at radius 2 is 1.91 bits per heavy atom. The van der Waals surface area contributed by atoms with Crippen LogP contribution in [0, 0.1) is 5.92 Å². The maximum absolute atomic E-state index is 12.5. The van der Waals surface area contributed by atoms with E-state index in [1.54, 1.807) is 16.9 Å². The van der Waals surface area contributed by atoms with Crippen molar-refractivity contribution >= 4 is 5.91 Å². The number of amides is 1. The van der Waals surface area contributed by atoms with E-state index in [4.69, 9.17) is 0 Å².